The second kappa shape index (κ2) is 4.49. The molecular weight excluding hydrogens is 144 g/mol. The lowest BCUT2D eigenvalue weighted by atomic mass is 9.87. The summed E-state index contributed by atoms with van der Waals surface area (Å²) >= 11 is 0. The monoisotopic (exact) mass is 164 g/mol. The van der Waals surface area contributed by atoms with Crippen LogP contribution >= 0.6 is 0 Å². The van der Waals surface area contributed by atoms with Crippen molar-refractivity contribution in [3.63, 3.8) is 0 Å². The highest BCUT2D eigenvalue weighted by Gasteiger charge is 2.11. The van der Waals surface area contributed by atoms with Crippen molar-refractivity contribution < 1.29 is 0 Å². The molecule has 12 heavy (non-hydrogen) atoms. The molecule has 0 N–H and O–H groups in total. The van der Waals surface area contributed by atoms with Crippen molar-refractivity contribution in [2.45, 2.75) is 40.0 Å². The number of allylic oxidation sites excluding steroid dienone is 4. The highest BCUT2D eigenvalue weighted by molar-refractivity contribution is 5.23. The van der Waals surface area contributed by atoms with Crippen LogP contribution < -0.4 is 0 Å². The topological polar surface area (TPSA) is 0 Å². The first-order valence-electron chi connectivity index (χ1n) is 5.11. The van der Waals surface area contributed by atoms with E-state index in [2.05, 4.69) is 39.0 Å². The van der Waals surface area contributed by atoms with Gasteiger partial charge in [0.15, 0.2) is 0 Å². The minimum absolute atomic E-state index is 0.783. The Hall–Kier alpha value is -0.520. The lowest BCUT2D eigenvalue weighted by Gasteiger charge is -2.19. The summed E-state index contributed by atoms with van der Waals surface area (Å²) in [6.45, 7) is 6.84. The molecule has 0 radical (unpaired) electrons. The third kappa shape index (κ3) is 2.51. The first-order valence-corrected chi connectivity index (χ1v) is 5.11. The van der Waals surface area contributed by atoms with E-state index in [0.717, 1.165) is 11.8 Å². The third-order valence-corrected chi connectivity index (χ3v) is 2.60. The van der Waals surface area contributed by atoms with Crippen molar-refractivity contribution in [3.05, 3.63) is 23.8 Å². The number of rotatable bonds is 3. The Kier molecular flexibility index (Phi) is 3.58. The van der Waals surface area contributed by atoms with Crippen molar-refractivity contribution in [2.24, 2.45) is 11.8 Å². The zero-order valence-corrected chi connectivity index (χ0v) is 8.51. The van der Waals surface area contributed by atoms with Gasteiger partial charge in [-0.2, -0.15) is 0 Å². The molecule has 1 aliphatic carbocycles. The van der Waals surface area contributed by atoms with Crippen LogP contribution in [0.3, 0.4) is 0 Å². The molecule has 1 atom stereocenters. The zero-order chi connectivity index (χ0) is 8.97. The van der Waals surface area contributed by atoms with Crippen LogP contribution in [0, 0.1) is 11.8 Å². The predicted octanol–water partition coefficient (Wildman–Crippen LogP) is 3.95. The van der Waals surface area contributed by atoms with Gasteiger partial charge in [0.05, 0.1) is 0 Å². The van der Waals surface area contributed by atoms with Crippen LogP contribution in [0.15, 0.2) is 23.8 Å². The largest absolute Gasteiger partial charge is 0.0807 e. The van der Waals surface area contributed by atoms with Gasteiger partial charge in [-0.05, 0) is 24.7 Å². The molecular formula is C12H20. The van der Waals surface area contributed by atoms with Crippen molar-refractivity contribution in [1.29, 1.82) is 0 Å². The molecule has 0 aromatic carbocycles. The molecule has 0 amide bonds. The van der Waals surface area contributed by atoms with Crippen molar-refractivity contribution in [2.75, 3.05) is 0 Å². The SMILES string of the molecule is CCCC1=CCC(C(C)C)C=C1. The fourth-order valence-electron chi connectivity index (χ4n) is 1.65. The van der Waals surface area contributed by atoms with Crippen LogP contribution in [0.25, 0.3) is 0 Å². The minimum Gasteiger partial charge on any atom is -0.0807 e. The Morgan fingerprint density at radius 1 is 1.50 bits per heavy atom. The molecule has 0 bridgehead atoms. The molecule has 0 heteroatoms. The van der Waals surface area contributed by atoms with Crippen LogP contribution in [0.4, 0.5) is 0 Å². The number of hydrogen-bond acceptors (Lipinski definition) is 0. The van der Waals surface area contributed by atoms with E-state index in [-0.39, 0.29) is 0 Å². The molecule has 1 rings (SSSR count). The Morgan fingerprint density at radius 3 is 2.67 bits per heavy atom. The molecule has 68 valence electrons. The highest BCUT2D eigenvalue weighted by atomic mass is 14.2. The Balaban J connectivity index is 2.44. The van der Waals surface area contributed by atoms with Crippen LogP contribution in [0.5, 0.6) is 0 Å². The van der Waals surface area contributed by atoms with E-state index < -0.39 is 0 Å². The maximum atomic E-state index is 2.41. The van der Waals surface area contributed by atoms with E-state index in [0.29, 0.717) is 0 Å². The summed E-state index contributed by atoms with van der Waals surface area (Å²) in [7, 11) is 0. The molecule has 0 aromatic heterocycles. The van der Waals surface area contributed by atoms with E-state index in [1.165, 1.54) is 24.8 Å². The van der Waals surface area contributed by atoms with Gasteiger partial charge in [0, 0.05) is 0 Å². The summed E-state index contributed by atoms with van der Waals surface area (Å²) in [6, 6.07) is 0. The van der Waals surface area contributed by atoms with Crippen LogP contribution in [0.1, 0.15) is 40.0 Å². The maximum absolute atomic E-state index is 2.41. The zero-order valence-electron chi connectivity index (χ0n) is 8.51. The molecule has 0 saturated heterocycles. The van der Waals surface area contributed by atoms with Crippen molar-refractivity contribution in [1.82, 2.24) is 0 Å². The van der Waals surface area contributed by atoms with E-state index in [4.69, 9.17) is 0 Å². The fourth-order valence-corrected chi connectivity index (χ4v) is 1.65. The smallest absolute Gasteiger partial charge is 0.0172 e. The first kappa shape index (κ1) is 9.57. The Bertz CT molecular complexity index is 184. The van der Waals surface area contributed by atoms with Gasteiger partial charge in [0.25, 0.3) is 0 Å². The Labute approximate surface area is 76.4 Å². The van der Waals surface area contributed by atoms with Gasteiger partial charge in [-0.25, -0.2) is 0 Å². The van der Waals surface area contributed by atoms with E-state index in [1.807, 2.05) is 0 Å². The fraction of sp³-hybridized carbons (Fsp3) is 0.667. The van der Waals surface area contributed by atoms with Gasteiger partial charge < -0.3 is 0 Å². The minimum atomic E-state index is 0.783. The summed E-state index contributed by atoms with van der Waals surface area (Å²) in [6.07, 6.45) is 10.9. The van der Waals surface area contributed by atoms with Crippen LogP contribution in [-0.4, -0.2) is 0 Å². The lowest BCUT2D eigenvalue weighted by molar-refractivity contribution is 0.465. The molecule has 0 nitrogen and oxygen atoms in total. The molecule has 1 aliphatic rings. The Morgan fingerprint density at radius 2 is 2.25 bits per heavy atom. The van der Waals surface area contributed by atoms with Gasteiger partial charge >= 0.3 is 0 Å². The molecule has 0 aromatic rings. The normalized spacial score (nSPS) is 23.0. The van der Waals surface area contributed by atoms with E-state index in [9.17, 15) is 0 Å². The standard InChI is InChI=1S/C12H20/c1-4-5-11-6-8-12(9-7-11)10(2)3/h6-8,10,12H,4-5,9H2,1-3H3. The average molecular weight is 164 g/mol. The summed E-state index contributed by atoms with van der Waals surface area (Å²) in [5.74, 6) is 1.58. The molecule has 0 aliphatic heterocycles. The third-order valence-electron chi connectivity index (χ3n) is 2.60. The summed E-state index contributed by atoms with van der Waals surface area (Å²) in [4.78, 5) is 0. The predicted molar refractivity (Wildman–Crippen MR) is 55.1 cm³/mol. The van der Waals surface area contributed by atoms with Crippen molar-refractivity contribution >= 4 is 0 Å². The molecule has 1 unspecified atom stereocenters. The quantitative estimate of drug-likeness (QED) is 0.592. The van der Waals surface area contributed by atoms with Gasteiger partial charge in [-0.15, -0.1) is 0 Å². The maximum Gasteiger partial charge on any atom is -0.0172 e. The van der Waals surface area contributed by atoms with Gasteiger partial charge in [0.2, 0.25) is 0 Å². The molecule has 0 spiro atoms. The van der Waals surface area contributed by atoms with Gasteiger partial charge in [-0.1, -0.05) is 51.0 Å². The van der Waals surface area contributed by atoms with Crippen LogP contribution in [0.2, 0.25) is 0 Å². The summed E-state index contributed by atoms with van der Waals surface area (Å²) < 4.78 is 0. The number of hydrogen-bond donors (Lipinski definition) is 0. The summed E-state index contributed by atoms with van der Waals surface area (Å²) in [5, 5.41) is 0. The first-order chi connectivity index (χ1) is 5.74. The molecule has 0 heterocycles. The average Bonchev–Trinajstić information content (AvgIpc) is 2.06. The molecule has 0 saturated carbocycles. The van der Waals surface area contributed by atoms with Crippen molar-refractivity contribution in [3.8, 4) is 0 Å². The van der Waals surface area contributed by atoms with Crippen LogP contribution in [-0.2, 0) is 0 Å². The summed E-state index contributed by atoms with van der Waals surface area (Å²) in [5.41, 5.74) is 1.54. The van der Waals surface area contributed by atoms with E-state index >= 15 is 0 Å². The molecule has 0 fully saturated rings. The second-order valence-electron chi connectivity index (χ2n) is 4.03. The lowest BCUT2D eigenvalue weighted by Crippen LogP contribution is -2.07. The second-order valence-corrected chi connectivity index (χ2v) is 4.03. The highest BCUT2D eigenvalue weighted by Crippen LogP contribution is 2.24. The van der Waals surface area contributed by atoms with Gasteiger partial charge in [0.1, 0.15) is 0 Å². The van der Waals surface area contributed by atoms with E-state index in [1.54, 1.807) is 0 Å². The van der Waals surface area contributed by atoms with Gasteiger partial charge in [-0.3, -0.25) is 0 Å².